The lowest BCUT2D eigenvalue weighted by Crippen LogP contribution is -2.33. The molecule has 3 rings (SSSR count). The largest absolute Gasteiger partial charge is 0.342 e. The summed E-state index contributed by atoms with van der Waals surface area (Å²) in [6.07, 6.45) is 3.57. The molecule has 1 fully saturated rings. The molecule has 3 N–H and O–H groups in total. The number of benzene rings is 1. The fourth-order valence-electron chi connectivity index (χ4n) is 3.44. The van der Waals surface area contributed by atoms with Crippen LogP contribution in [0.1, 0.15) is 46.1 Å². The number of piperidine rings is 1. The molecule has 1 saturated heterocycles. The molecule has 27 heavy (non-hydrogen) atoms. The number of hydrogen-bond acceptors (Lipinski definition) is 5. The molecule has 2 aromatic rings. The number of aryl methyl sites for hydroxylation is 3. The highest BCUT2D eigenvalue weighted by molar-refractivity contribution is 5.98. The third kappa shape index (κ3) is 4.71. The van der Waals surface area contributed by atoms with Crippen molar-refractivity contribution in [2.75, 3.05) is 25.0 Å². The summed E-state index contributed by atoms with van der Waals surface area (Å²) in [6, 6.07) is 4.29. The third-order valence-electron chi connectivity index (χ3n) is 4.78. The minimum absolute atomic E-state index is 0.119. The number of hydrogen-bond donors (Lipinski definition) is 3. The standard InChI is InChI=1S/C19H26N6O2/c1-12-8-13(2)18(14(3)9-12)22-17(26)10-21-19(27)16-11-25(24-23-16)15-4-6-20-7-5-15/h8-9,11,15,20H,4-7,10H2,1-3H3,(H,21,27)(H,22,26). The van der Waals surface area contributed by atoms with Gasteiger partial charge in [-0.1, -0.05) is 22.9 Å². The second-order valence-electron chi connectivity index (χ2n) is 7.07. The topological polar surface area (TPSA) is 101 Å². The fourth-order valence-corrected chi connectivity index (χ4v) is 3.44. The zero-order chi connectivity index (χ0) is 19.4. The van der Waals surface area contributed by atoms with E-state index in [-0.39, 0.29) is 24.2 Å². The summed E-state index contributed by atoms with van der Waals surface area (Å²) in [7, 11) is 0. The predicted molar refractivity (Wildman–Crippen MR) is 103 cm³/mol. The maximum Gasteiger partial charge on any atom is 0.273 e. The highest BCUT2D eigenvalue weighted by Gasteiger charge is 2.19. The number of anilines is 1. The molecule has 1 aromatic heterocycles. The van der Waals surface area contributed by atoms with Gasteiger partial charge in [0.1, 0.15) is 0 Å². The van der Waals surface area contributed by atoms with Crippen molar-refractivity contribution in [2.45, 2.75) is 39.7 Å². The number of aromatic nitrogens is 3. The van der Waals surface area contributed by atoms with E-state index < -0.39 is 5.91 Å². The third-order valence-corrected chi connectivity index (χ3v) is 4.78. The monoisotopic (exact) mass is 370 g/mol. The summed E-state index contributed by atoms with van der Waals surface area (Å²) >= 11 is 0. The average Bonchev–Trinajstić information content (AvgIpc) is 3.14. The van der Waals surface area contributed by atoms with Crippen LogP contribution in [0.5, 0.6) is 0 Å². The molecule has 2 amide bonds. The Hall–Kier alpha value is -2.74. The quantitative estimate of drug-likeness (QED) is 0.740. The zero-order valence-corrected chi connectivity index (χ0v) is 16.0. The predicted octanol–water partition coefficient (Wildman–Crippen LogP) is 1.50. The van der Waals surface area contributed by atoms with Crippen molar-refractivity contribution < 1.29 is 9.59 Å². The van der Waals surface area contributed by atoms with Gasteiger partial charge in [0.15, 0.2) is 5.69 Å². The molecule has 8 heteroatoms. The van der Waals surface area contributed by atoms with Gasteiger partial charge in [0.05, 0.1) is 18.8 Å². The van der Waals surface area contributed by atoms with Crippen LogP contribution in [-0.4, -0.2) is 46.4 Å². The Labute approximate surface area is 158 Å². The number of nitrogens with zero attached hydrogens (tertiary/aromatic N) is 3. The molecule has 0 atom stereocenters. The van der Waals surface area contributed by atoms with Gasteiger partial charge in [0, 0.05) is 5.69 Å². The Balaban J connectivity index is 1.54. The van der Waals surface area contributed by atoms with Crippen molar-refractivity contribution in [3.8, 4) is 0 Å². The molecule has 0 unspecified atom stereocenters. The van der Waals surface area contributed by atoms with Gasteiger partial charge in [-0.2, -0.15) is 0 Å². The minimum atomic E-state index is -0.400. The van der Waals surface area contributed by atoms with Gasteiger partial charge in [0.25, 0.3) is 5.91 Å². The van der Waals surface area contributed by atoms with Gasteiger partial charge in [-0.25, -0.2) is 4.68 Å². The van der Waals surface area contributed by atoms with Crippen molar-refractivity contribution in [3.05, 3.63) is 40.7 Å². The number of rotatable bonds is 5. The van der Waals surface area contributed by atoms with Crippen LogP contribution in [0.2, 0.25) is 0 Å². The summed E-state index contributed by atoms with van der Waals surface area (Å²) in [5, 5.41) is 16.8. The van der Waals surface area contributed by atoms with Gasteiger partial charge in [-0.15, -0.1) is 5.10 Å². The summed E-state index contributed by atoms with van der Waals surface area (Å²) in [4.78, 5) is 24.5. The molecule has 0 radical (unpaired) electrons. The van der Waals surface area contributed by atoms with Crippen LogP contribution in [0.15, 0.2) is 18.3 Å². The van der Waals surface area contributed by atoms with Crippen LogP contribution in [0.25, 0.3) is 0 Å². The van der Waals surface area contributed by atoms with E-state index in [9.17, 15) is 9.59 Å². The first-order valence-electron chi connectivity index (χ1n) is 9.22. The van der Waals surface area contributed by atoms with Crippen molar-refractivity contribution in [2.24, 2.45) is 0 Å². The number of carbonyl (C=O) groups is 2. The van der Waals surface area contributed by atoms with Crippen molar-refractivity contribution >= 4 is 17.5 Å². The van der Waals surface area contributed by atoms with Crippen molar-refractivity contribution in [3.63, 3.8) is 0 Å². The van der Waals surface area contributed by atoms with Gasteiger partial charge in [-0.05, 0) is 57.8 Å². The van der Waals surface area contributed by atoms with E-state index in [4.69, 9.17) is 0 Å². The molecule has 0 bridgehead atoms. The summed E-state index contributed by atoms with van der Waals surface area (Å²) in [6.45, 7) is 7.67. The maximum atomic E-state index is 12.3. The smallest absolute Gasteiger partial charge is 0.273 e. The Morgan fingerprint density at radius 2 is 1.85 bits per heavy atom. The normalized spacial score (nSPS) is 14.8. The molecule has 0 aliphatic carbocycles. The lowest BCUT2D eigenvalue weighted by Gasteiger charge is -2.22. The summed E-state index contributed by atoms with van der Waals surface area (Å²) in [5.41, 5.74) is 4.16. The van der Waals surface area contributed by atoms with E-state index in [0.717, 1.165) is 48.3 Å². The summed E-state index contributed by atoms with van der Waals surface area (Å²) < 4.78 is 1.74. The Kier molecular flexibility index (Phi) is 5.85. The molecule has 2 heterocycles. The average molecular weight is 370 g/mol. The Bertz CT molecular complexity index is 815. The minimum Gasteiger partial charge on any atom is -0.342 e. The second-order valence-corrected chi connectivity index (χ2v) is 7.07. The maximum absolute atomic E-state index is 12.3. The van der Waals surface area contributed by atoms with E-state index in [1.54, 1.807) is 10.9 Å². The van der Waals surface area contributed by atoms with E-state index >= 15 is 0 Å². The first-order chi connectivity index (χ1) is 12.9. The van der Waals surface area contributed by atoms with Crippen LogP contribution < -0.4 is 16.0 Å². The molecule has 1 aliphatic heterocycles. The molecule has 1 aromatic carbocycles. The lowest BCUT2D eigenvalue weighted by atomic mass is 10.1. The Morgan fingerprint density at radius 1 is 1.19 bits per heavy atom. The van der Waals surface area contributed by atoms with Crippen LogP contribution in [0, 0.1) is 20.8 Å². The zero-order valence-electron chi connectivity index (χ0n) is 16.0. The molecule has 144 valence electrons. The molecule has 8 nitrogen and oxygen atoms in total. The van der Waals surface area contributed by atoms with Crippen LogP contribution in [0.3, 0.4) is 0 Å². The first-order valence-corrected chi connectivity index (χ1v) is 9.22. The highest BCUT2D eigenvalue weighted by Crippen LogP contribution is 2.21. The molecular formula is C19H26N6O2. The second kappa shape index (κ2) is 8.30. The molecule has 0 saturated carbocycles. The summed E-state index contributed by atoms with van der Waals surface area (Å²) in [5.74, 6) is -0.674. The van der Waals surface area contributed by atoms with E-state index in [0.29, 0.717) is 0 Å². The van der Waals surface area contributed by atoms with Gasteiger partial charge < -0.3 is 16.0 Å². The SMILES string of the molecule is Cc1cc(C)c(NC(=O)CNC(=O)c2cn(C3CCNCC3)nn2)c(C)c1. The number of nitrogens with one attached hydrogen (secondary N) is 3. The van der Waals surface area contributed by atoms with E-state index in [2.05, 4.69) is 26.3 Å². The van der Waals surface area contributed by atoms with Crippen molar-refractivity contribution in [1.29, 1.82) is 0 Å². The Morgan fingerprint density at radius 3 is 2.52 bits per heavy atom. The van der Waals surface area contributed by atoms with E-state index in [1.807, 2.05) is 32.9 Å². The molecule has 0 spiro atoms. The van der Waals surface area contributed by atoms with Gasteiger partial charge in [-0.3, -0.25) is 9.59 Å². The number of carbonyl (C=O) groups excluding carboxylic acids is 2. The van der Waals surface area contributed by atoms with Crippen LogP contribution >= 0.6 is 0 Å². The van der Waals surface area contributed by atoms with Gasteiger partial charge in [0.2, 0.25) is 5.91 Å². The van der Waals surface area contributed by atoms with Crippen LogP contribution in [0.4, 0.5) is 5.69 Å². The van der Waals surface area contributed by atoms with Crippen molar-refractivity contribution in [1.82, 2.24) is 25.6 Å². The van der Waals surface area contributed by atoms with Gasteiger partial charge >= 0.3 is 0 Å². The number of amides is 2. The first kappa shape index (κ1) is 19.0. The molecule has 1 aliphatic rings. The fraction of sp³-hybridized carbons (Fsp3) is 0.474. The highest BCUT2D eigenvalue weighted by atomic mass is 16.2. The van der Waals surface area contributed by atoms with E-state index in [1.165, 1.54) is 0 Å². The lowest BCUT2D eigenvalue weighted by molar-refractivity contribution is -0.115. The molecular weight excluding hydrogens is 344 g/mol. The van der Waals surface area contributed by atoms with Crippen LogP contribution in [-0.2, 0) is 4.79 Å².